The second-order valence-electron chi connectivity index (χ2n) is 2.84. The zero-order chi connectivity index (χ0) is 11.5. The maximum atomic E-state index is 3.75. The largest absolute Gasteiger partial charge is 0.394 e. The predicted molar refractivity (Wildman–Crippen MR) is 68.2 cm³/mol. The van der Waals surface area contributed by atoms with Crippen LogP contribution in [0.25, 0.3) is 0 Å². The molecule has 0 saturated carbocycles. The van der Waals surface area contributed by atoms with Crippen LogP contribution in [0.5, 0.6) is 0 Å². The Morgan fingerprint density at radius 3 is 2.40 bits per heavy atom. The van der Waals surface area contributed by atoms with Crippen LogP contribution in [0, 0.1) is 0 Å². The van der Waals surface area contributed by atoms with Crippen molar-refractivity contribution in [1.82, 2.24) is 10.6 Å². The Labute approximate surface area is 92.8 Å². The third-order valence-corrected chi connectivity index (χ3v) is 1.72. The van der Waals surface area contributed by atoms with Gasteiger partial charge in [-0.25, -0.2) is 0 Å². The Morgan fingerprint density at radius 2 is 1.93 bits per heavy atom. The molecule has 0 aromatic heterocycles. The van der Waals surface area contributed by atoms with E-state index in [2.05, 4.69) is 17.2 Å². The van der Waals surface area contributed by atoms with E-state index >= 15 is 0 Å². The van der Waals surface area contributed by atoms with Gasteiger partial charge in [0.25, 0.3) is 0 Å². The van der Waals surface area contributed by atoms with Crippen LogP contribution in [0.4, 0.5) is 0 Å². The molecule has 2 nitrogen and oxygen atoms in total. The lowest BCUT2D eigenvalue weighted by atomic mass is 10.3. The van der Waals surface area contributed by atoms with Crippen LogP contribution in [-0.4, -0.2) is 7.05 Å². The Morgan fingerprint density at radius 1 is 1.20 bits per heavy atom. The van der Waals surface area contributed by atoms with Gasteiger partial charge in [0.15, 0.2) is 0 Å². The lowest BCUT2D eigenvalue weighted by Gasteiger charge is -2.06. The van der Waals surface area contributed by atoms with Crippen LogP contribution < -0.4 is 10.6 Å². The van der Waals surface area contributed by atoms with Crippen molar-refractivity contribution in [2.45, 2.75) is 13.8 Å². The molecule has 0 aliphatic heterocycles. The molecule has 0 bridgehead atoms. The quantitative estimate of drug-likeness (QED) is 0.650. The minimum absolute atomic E-state index is 0.974. The summed E-state index contributed by atoms with van der Waals surface area (Å²) in [5.41, 5.74) is 2.00. The molecule has 0 fully saturated rings. The first-order valence-electron chi connectivity index (χ1n) is 5.01. The van der Waals surface area contributed by atoms with Crippen molar-refractivity contribution in [2.24, 2.45) is 0 Å². The summed E-state index contributed by atoms with van der Waals surface area (Å²) in [7, 11) is 1.87. The molecule has 0 heterocycles. The highest BCUT2D eigenvalue weighted by atomic mass is 14.9. The van der Waals surface area contributed by atoms with E-state index in [4.69, 9.17) is 0 Å². The molecule has 15 heavy (non-hydrogen) atoms. The molecule has 0 aliphatic rings. The van der Waals surface area contributed by atoms with Crippen LogP contribution in [0.3, 0.4) is 0 Å². The molecule has 0 unspecified atom stereocenters. The van der Waals surface area contributed by atoms with E-state index in [1.165, 1.54) is 0 Å². The number of hydrogen-bond donors (Lipinski definition) is 2. The van der Waals surface area contributed by atoms with E-state index in [-0.39, 0.29) is 0 Å². The van der Waals surface area contributed by atoms with Crippen LogP contribution in [-0.2, 0) is 0 Å². The molecule has 0 radical (unpaired) electrons. The first-order chi connectivity index (χ1) is 7.28. The van der Waals surface area contributed by atoms with Gasteiger partial charge in [0.1, 0.15) is 0 Å². The van der Waals surface area contributed by atoms with Crippen molar-refractivity contribution in [3.63, 3.8) is 0 Å². The predicted octanol–water partition coefficient (Wildman–Crippen LogP) is 2.86. The Bertz CT molecular complexity index is 294. The summed E-state index contributed by atoms with van der Waals surface area (Å²) in [6, 6.07) is 0. The standard InChI is InChI=1S/C13H20N2/c1-5-8-9-12(6-2)15-13(7-3)10-11-14-4/h5-11,14-15H,2H2,1,3-4H3/b8-5-,11-10-,12-9+,13-7+. The molecular formula is C13H20N2. The minimum atomic E-state index is 0.974. The molecule has 82 valence electrons. The molecule has 2 heteroatoms. The first-order valence-corrected chi connectivity index (χ1v) is 5.01. The van der Waals surface area contributed by atoms with Crippen molar-refractivity contribution >= 4 is 0 Å². The van der Waals surface area contributed by atoms with Gasteiger partial charge in [-0.15, -0.1) is 0 Å². The highest BCUT2D eigenvalue weighted by Gasteiger charge is 1.91. The number of rotatable bonds is 6. The van der Waals surface area contributed by atoms with Gasteiger partial charge in [-0.1, -0.05) is 24.8 Å². The fraction of sp³-hybridized carbons (Fsp3) is 0.231. The van der Waals surface area contributed by atoms with Gasteiger partial charge in [0.2, 0.25) is 0 Å². The van der Waals surface area contributed by atoms with E-state index in [1.54, 1.807) is 6.08 Å². The molecule has 0 aromatic rings. The third kappa shape index (κ3) is 6.38. The number of hydrogen-bond acceptors (Lipinski definition) is 2. The zero-order valence-corrected chi connectivity index (χ0v) is 9.75. The summed E-state index contributed by atoms with van der Waals surface area (Å²) >= 11 is 0. The summed E-state index contributed by atoms with van der Waals surface area (Å²) in [5.74, 6) is 0. The molecular weight excluding hydrogens is 184 g/mol. The molecule has 0 amide bonds. The average molecular weight is 204 g/mol. The van der Waals surface area contributed by atoms with Crippen LogP contribution >= 0.6 is 0 Å². The Kier molecular flexibility index (Phi) is 7.87. The molecule has 0 spiro atoms. The monoisotopic (exact) mass is 204 g/mol. The zero-order valence-electron chi connectivity index (χ0n) is 9.75. The van der Waals surface area contributed by atoms with E-state index in [0.717, 1.165) is 11.4 Å². The van der Waals surface area contributed by atoms with Gasteiger partial charge >= 0.3 is 0 Å². The third-order valence-electron chi connectivity index (χ3n) is 1.72. The number of allylic oxidation sites excluding steroid dienone is 6. The summed E-state index contributed by atoms with van der Waals surface area (Å²) in [6.45, 7) is 7.72. The van der Waals surface area contributed by atoms with E-state index in [1.807, 2.05) is 57.5 Å². The maximum absolute atomic E-state index is 3.75. The van der Waals surface area contributed by atoms with Gasteiger partial charge in [-0.05, 0) is 38.3 Å². The van der Waals surface area contributed by atoms with Crippen LogP contribution in [0.15, 0.2) is 60.6 Å². The fourth-order valence-electron chi connectivity index (χ4n) is 0.910. The van der Waals surface area contributed by atoms with Gasteiger partial charge in [-0.2, -0.15) is 0 Å². The summed E-state index contributed by atoms with van der Waals surface area (Å²) in [6.07, 6.45) is 13.6. The molecule has 2 N–H and O–H groups in total. The van der Waals surface area contributed by atoms with Gasteiger partial charge < -0.3 is 10.6 Å². The Hall–Kier alpha value is -1.70. The highest BCUT2D eigenvalue weighted by Crippen LogP contribution is 1.99. The average Bonchev–Trinajstić information content (AvgIpc) is 2.28. The SMILES string of the molecule is C=C/C(=C\C=C/C)NC(/C=C\NC)=C/C. The highest BCUT2D eigenvalue weighted by molar-refractivity contribution is 5.28. The van der Waals surface area contributed by atoms with Crippen molar-refractivity contribution in [1.29, 1.82) is 0 Å². The smallest absolute Gasteiger partial charge is 0.0378 e. The van der Waals surface area contributed by atoms with Gasteiger partial charge in [0, 0.05) is 18.4 Å². The lowest BCUT2D eigenvalue weighted by molar-refractivity contribution is 1.02. The van der Waals surface area contributed by atoms with E-state index in [0.29, 0.717) is 0 Å². The topological polar surface area (TPSA) is 24.1 Å². The lowest BCUT2D eigenvalue weighted by Crippen LogP contribution is -2.09. The second-order valence-corrected chi connectivity index (χ2v) is 2.84. The van der Waals surface area contributed by atoms with Gasteiger partial charge in [0.05, 0.1) is 0 Å². The van der Waals surface area contributed by atoms with Crippen molar-refractivity contribution in [2.75, 3.05) is 7.05 Å². The van der Waals surface area contributed by atoms with E-state index < -0.39 is 0 Å². The van der Waals surface area contributed by atoms with Crippen LogP contribution in [0.1, 0.15) is 13.8 Å². The minimum Gasteiger partial charge on any atom is -0.394 e. The van der Waals surface area contributed by atoms with Crippen molar-refractivity contribution in [3.05, 3.63) is 60.6 Å². The van der Waals surface area contributed by atoms with E-state index in [9.17, 15) is 0 Å². The summed E-state index contributed by atoms with van der Waals surface area (Å²) < 4.78 is 0. The molecule has 0 aromatic carbocycles. The summed E-state index contributed by atoms with van der Waals surface area (Å²) in [5, 5.41) is 6.20. The maximum Gasteiger partial charge on any atom is 0.0378 e. The molecule has 0 atom stereocenters. The van der Waals surface area contributed by atoms with Crippen molar-refractivity contribution in [3.8, 4) is 0 Å². The number of nitrogens with one attached hydrogen (secondary N) is 2. The molecule has 0 saturated heterocycles. The fourth-order valence-corrected chi connectivity index (χ4v) is 0.910. The molecule has 0 rings (SSSR count). The summed E-state index contributed by atoms with van der Waals surface area (Å²) in [4.78, 5) is 0. The van der Waals surface area contributed by atoms with Crippen LogP contribution in [0.2, 0.25) is 0 Å². The molecule has 0 aliphatic carbocycles. The normalized spacial score (nSPS) is 13.5. The van der Waals surface area contributed by atoms with Crippen molar-refractivity contribution < 1.29 is 0 Å². The Balaban J connectivity index is 4.52. The second kappa shape index (κ2) is 8.88. The first kappa shape index (κ1) is 13.3. The van der Waals surface area contributed by atoms with Gasteiger partial charge in [-0.3, -0.25) is 0 Å².